The van der Waals surface area contributed by atoms with Crippen LogP contribution < -0.4 is 5.32 Å². The highest BCUT2D eigenvalue weighted by atomic mass is 79.9. The minimum Gasteiger partial charge on any atom is -0.467 e. The Bertz CT molecular complexity index is 732. The van der Waals surface area contributed by atoms with Gasteiger partial charge in [0.15, 0.2) is 0 Å². The highest BCUT2D eigenvalue weighted by Gasteiger charge is 2.26. The zero-order valence-corrected chi connectivity index (χ0v) is 15.9. The number of tetrazole rings is 1. The van der Waals surface area contributed by atoms with Crippen molar-refractivity contribution >= 4 is 27.8 Å². The lowest BCUT2D eigenvalue weighted by atomic mass is 9.99. The number of amides is 1. The predicted octanol–water partition coefficient (Wildman–Crippen LogP) is 1.81. The third-order valence-electron chi connectivity index (χ3n) is 3.82. The number of nitrogens with one attached hydrogen (secondary N) is 1. The van der Waals surface area contributed by atoms with Gasteiger partial charge in [-0.2, -0.15) is 4.80 Å². The van der Waals surface area contributed by atoms with Gasteiger partial charge in [-0.25, -0.2) is 4.79 Å². The van der Waals surface area contributed by atoms with Gasteiger partial charge in [0.05, 0.1) is 7.11 Å². The molecule has 0 radical (unpaired) electrons. The first kappa shape index (κ1) is 19.0. The summed E-state index contributed by atoms with van der Waals surface area (Å²) < 4.78 is 5.70. The summed E-state index contributed by atoms with van der Waals surface area (Å²) in [7, 11) is 1.30. The Morgan fingerprint density at radius 1 is 1.32 bits per heavy atom. The Kier molecular flexibility index (Phi) is 6.63. The van der Waals surface area contributed by atoms with Crippen LogP contribution in [0.3, 0.4) is 0 Å². The second-order valence-corrected chi connectivity index (χ2v) is 6.52. The van der Waals surface area contributed by atoms with Crippen molar-refractivity contribution in [3.05, 3.63) is 28.7 Å². The largest absolute Gasteiger partial charge is 0.467 e. The van der Waals surface area contributed by atoms with E-state index in [0.29, 0.717) is 5.82 Å². The normalized spacial score (nSPS) is 13.1. The zero-order valence-electron chi connectivity index (χ0n) is 14.3. The van der Waals surface area contributed by atoms with Crippen LogP contribution in [0.15, 0.2) is 28.7 Å². The number of esters is 1. The molecule has 2 rings (SSSR count). The van der Waals surface area contributed by atoms with E-state index in [9.17, 15) is 9.59 Å². The van der Waals surface area contributed by atoms with Crippen LogP contribution >= 0.6 is 15.9 Å². The summed E-state index contributed by atoms with van der Waals surface area (Å²) in [5.41, 5.74) is 0.793. The van der Waals surface area contributed by atoms with Crippen molar-refractivity contribution in [1.82, 2.24) is 25.5 Å². The van der Waals surface area contributed by atoms with Crippen LogP contribution in [-0.4, -0.2) is 45.2 Å². The first-order valence-electron chi connectivity index (χ1n) is 7.85. The van der Waals surface area contributed by atoms with Crippen LogP contribution in [0.4, 0.5) is 0 Å². The maximum absolute atomic E-state index is 12.2. The highest BCUT2D eigenvalue weighted by molar-refractivity contribution is 9.10. The maximum atomic E-state index is 12.2. The first-order chi connectivity index (χ1) is 11.9. The van der Waals surface area contributed by atoms with E-state index in [1.807, 2.05) is 38.1 Å². The smallest absolute Gasteiger partial charge is 0.328 e. The Hall–Kier alpha value is -2.29. The van der Waals surface area contributed by atoms with E-state index in [2.05, 4.69) is 36.7 Å². The number of nitrogens with zero attached hydrogens (tertiary/aromatic N) is 4. The van der Waals surface area contributed by atoms with Gasteiger partial charge >= 0.3 is 5.97 Å². The molecule has 1 aromatic heterocycles. The molecular weight excluding hydrogens is 390 g/mol. The molecule has 0 saturated heterocycles. The number of hydrogen-bond acceptors (Lipinski definition) is 6. The molecule has 0 fully saturated rings. The molecule has 0 spiro atoms. The number of ether oxygens (including phenoxy) is 1. The van der Waals surface area contributed by atoms with Crippen molar-refractivity contribution in [3.8, 4) is 11.4 Å². The van der Waals surface area contributed by atoms with Crippen molar-refractivity contribution in [1.29, 1.82) is 0 Å². The third kappa shape index (κ3) is 5.09. The number of carbonyl (C=O) groups excluding carboxylic acids is 2. The molecule has 1 N–H and O–H groups in total. The molecular formula is C16H20BrN5O3. The molecule has 1 amide bonds. The molecule has 134 valence electrons. The highest BCUT2D eigenvalue weighted by Crippen LogP contribution is 2.17. The topological polar surface area (TPSA) is 99.0 Å². The number of aromatic nitrogens is 4. The Labute approximate surface area is 154 Å². The maximum Gasteiger partial charge on any atom is 0.328 e. The average Bonchev–Trinajstić information content (AvgIpc) is 3.07. The fraction of sp³-hybridized carbons (Fsp3) is 0.438. The Morgan fingerprint density at radius 2 is 2.00 bits per heavy atom. The molecule has 9 heteroatoms. The van der Waals surface area contributed by atoms with Crippen molar-refractivity contribution in [2.45, 2.75) is 32.9 Å². The zero-order chi connectivity index (χ0) is 18.4. The van der Waals surface area contributed by atoms with Gasteiger partial charge < -0.3 is 10.1 Å². The third-order valence-corrected chi connectivity index (χ3v) is 4.35. The lowest BCUT2D eigenvalue weighted by Crippen LogP contribution is -2.46. The number of benzene rings is 1. The molecule has 8 nitrogen and oxygen atoms in total. The van der Waals surface area contributed by atoms with E-state index >= 15 is 0 Å². The summed E-state index contributed by atoms with van der Waals surface area (Å²) in [4.78, 5) is 25.2. The molecule has 2 atom stereocenters. The van der Waals surface area contributed by atoms with E-state index in [4.69, 9.17) is 4.74 Å². The van der Waals surface area contributed by atoms with E-state index in [0.717, 1.165) is 16.5 Å². The van der Waals surface area contributed by atoms with Crippen LogP contribution in [0.5, 0.6) is 0 Å². The van der Waals surface area contributed by atoms with Crippen molar-refractivity contribution in [2.24, 2.45) is 5.92 Å². The average molecular weight is 410 g/mol. The minimum absolute atomic E-state index is 0.0431. The molecule has 0 bridgehead atoms. The first-order valence-corrected chi connectivity index (χ1v) is 8.64. The molecule has 1 aromatic carbocycles. The Morgan fingerprint density at radius 3 is 2.60 bits per heavy atom. The molecule has 1 heterocycles. The van der Waals surface area contributed by atoms with Crippen LogP contribution in [0.25, 0.3) is 11.4 Å². The van der Waals surface area contributed by atoms with Gasteiger partial charge in [0.25, 0.3) is 0 Å². The monoisotopic (exact) mass is 409 g/mol. The summed E-state index contributed by atoms with van der Waals surface area (Å²) >= 11 is 3.36. The number of hydrogen-bond donors (Lipinski definition) is 1. The van der Waals surface area contributed by atoms with Gasteiger partial charge in [-0.3, -0.25) is 4.79 Å². The lowest BCUT2D eigenvalue weighted by molar-refractivity contribution is -0.146. The van der Waals surface area contributed by atoms with Gasteiger partial charge in [0.2, 0.25) is 11.7 Å². The van der Waals surface area contributed by atoms with Crippen LogP contribution in [0.1, 0.15) is 20.3 Å². The second-order valence-electron chi connectivity index (χ2n) is 5.60. The number of methoxy groups -OCH3 is 1. The van der Waals surface area contributed by atoms with Crippen LogP contribution in [0, 0.1) is 5.92 Å². The molecule has 2 aromatic rings. The van der Waals surface area contributed by atoms with Gasteiger partial charge in [0.1, 0.15) is 12.6 Å². The van der Waals surface area contributed by atoms with E-state index in [1.165, 1.54) is 11.9 Å². The van der Waals surface area contributed by atoms with Gasteiger partial charge in [-0.1, -0.05) is 36.2 Å². The molecule has 0 aliphatic rings. The summed E-state index contributed by atoms with van der Waals surface area (Å²) in [5, 5.41) is 14.7. The van der Waals surface area contributed by atoms with Crippen LogP contribution in [-0.2, 0) is 20.9 Å². The van der Waals surface area contributed by atoms with E-state index in [-0.39, 0.29) is 18.4 Å². The van der Waals surface area contributed by atoms with E-state index in [1.54, 1.807) is 0 Å². The fourth-order valence-corrected chi connectivity index (χ4v) is 2.43. The summed E-state index contributed by atoms with van der Waals surface area (Å²) in [6.45, 7) is 3.69. The predicted molar refractivity (Wildman–Crippen MR) is 94.4 cm³/mol. The summed E-state index contributed by atoms with van der Waals surface area (Å²) in [6, 6.07) is 6.74. The molecule has 0 aliphatic heterocycles. The van der Waals surface area contributed by atoms with Gasteiger partial charge in [0, 0.05) is 10.0 Å². The van der Waals surface area contributed by atoms with E-state index < -0.39 is 12.0 Å². The van der Waals surface area contributed by atoms with Gasteiger partial charge in [-0.05, 0) is 35.4 Å². The SMILES string of the molecule is CC[C@@H](C)[C@@H](NC(=O)Cn1nnc(-c2ccc(Br)cc2)n1)C(=O)OC. The van der Waals surface area contributed by atoms with Crippen molar-refractivity contribution in [2.75, 3.05) is 7.11 Å². The summed E-state index contributed by atoms with van der Waals surface area (Å²) in [6.07, 6.45) is 0.731. The second kappa shape index (κ2) is 8.70. The number of halogens is 1. The minimum atomic E-state index is -0.697. The quantitative estimate of drug-likeness (QED) is 0.699. The number of rotatable bonds is 7. The molecule has 0 saturated carbocycles. The number of carbonyl (C=O) groups is 2. The van der Waals surface area contributed by atoms with Gasteiger partial charge in [-0.15, -0.1) is 10.2 Å². The molecule has 25 heavy (non-hydrogen) atoms. The standard InChI is InChI=1S/C16H20BrN5O3/c1-4-10(2)14(16(24)25-3)18-13(23)9-22-20-15(19-21-22)11-5-7-12(17)8-6-11/h5-8,10,14H,4,9H2,1-3H3,(H,18,23)/t10-,14-/m1/s1. The lowest BCUT2D eigenvalue weighted by Gasteiger charge is -2.21. The van der Waals surface area contributed by atoms with Crippen molar-refractivity contribution < 1.29 is 14.3 Å². The van der Waals surface area contributed by atoms with Crippen LogP contribution in [0.2, 0.25) is 0 Å². The molecule has 0 unspecified atom stereocenters. The van der Waals surface area contributed by atoms with Crippen molar-refractivity contribution in [3.63, 3.8) is 0 Å². The fourth-order valence-electron chi connectivity index (χ4n) is 2.17. The Balaban J connectivity index is 2.03. The molecule has 0 aliphatic carbocycles. The summed E-state index contributed by atoms with van der Waals surface area (Å²) in [5.74, 6) is -0.467.